The van der Waals surface area contributed by atoms with E-state index in [-0.39, 0.29) is 11.5 Å². The van der Waals surface area contributed by atoms with Crippen molar-refractivity contribution in [2.75, 3.05) is 45.3 Å². The highest BCUT2D eigenvalue weighted by Crippen LogP contribution is 2.24. The van der Waals surface area contributed by atoms with E-state index in [9.17, 15) is 9.59 Å². The van der Waals surface area contributed by atoms with Crippen molar-refractivity contribution in [3.8, 4) is 22.9 Å². The SMILES string of the molecule is CCc1cc(=O)[nH]c(-c2ccc(N3CCN(C(=O)c4cc(OC)cc(OC)c4)CC3)nc2)n1. The number of hydrogen-bond donors (Lipinski definition) is 1. The smallest absolute Gasteiger partial charge is 0.254 e. The summed E-state index contributed by atoms with van der Waals surface area (Å²) in [5.41, 5.74) is 1.87. The quantitative estimate of drug-likeness (QED) is 0.617. The van der Waals surface area contributed by atoms with Gasteiger partial charge in [-0.15, -0.1) is 0 Å². The van der Waals surface area contributed by atoms with E-state index >= 15 is 0 Å². The van der Waals surface area contributed by atoms with E-state index in [4.69, 9.17) is 9.47 Å². The van der Waals surface area contributed by atoms with Crippen LogP contribution in [0.3, 0.4) is 0 Å². The van der Waals surface area contributed by atoms with E-state index < -0.39 is 0 Å². The fourth-order valence-corrected chi connectivity index (χ4v) is 3.79. The molecule has 1 saturated heterocycles. The molecule has 0 aliphatic carbocycles. The summed E-state index contributed by atoms with van der Waals surface area (Å²) in [4.78, 5) is 40.6. The molecule has 2 aromatic heterocycles. The first-order valence-electron chi connectivity index (χ1n) is 10.8. The maximum Gasteiger partial charge on any atom is 0.254 e. The molecule has 1 aromatic carbocycles. The van der Waals surface area contributed by atoms with Gasteiger partial charge in [0.1, 0.15) is 23.1 Å². The monoisotopic (exact) mass is 449 g/mol. The van der Waals surface area contributed by atoms with Gasteiger partial charge in [0.25, 0.3) is 11.5 Å². The molecule has 0 unspecified atom stereocenters. The molecule has 1 aliphatic heterocycles. The van der Waals surface area contributed by atoms with Gasteiger partial charge < -0.3 is 24.3 Å². The van der Waals surface area contributed by atoms with Crippen LogP contribution in [0.25, 0.3) is 11.4 Å². The molecule has 0 radical (unpaired) electrons. The summed E-state index contributed by atoms with van der Waals surface area (Å²) in [6.45, 7) is 4.45. The standard InChI is InChI=1S/C24H27N5O4/c1-4-18-13-22(30)27-23(26-18)16-5-6-21(25-15-16)28-7-9-29(10-8-28)24(31)17-11-19(32-2)14-20(12-17)33-3/h5-6,11-15H,4,7-10H2,1-3H3,(H,26,27,30). The first-order valence-corrected chi connectivity index (χ1v) is 10.8. The van der Waals surface area contributed by atoms with Crippen LogP contribution < -0.4 is 19.9 Å². The first kappa shape index (κ1) is 22.3. The Balaban J connectivity index is 1.42. The third-order valence-electron chi connectivity index (χ3n) is 5.67. The number of ether oxygens (including phenoxy) is 2. The van der Waals surface area contributed by atoms with Gasteiger partial charge in [-0.1, -0.05) is 6.92 Å². The minimum atomic E-state index is -0.171. The summed E-state index contributed by atoms with van der Waals surface area (Å²) in [5.74, 6) is 2.45. The lowest BCUT2D eigenvalue weighted by Gasteiger charge is -2.35. The van der Waals surface area contributed by atoms with Gasteiger partial charge in [0.05, 0.1) is 14.2 Å². The van der Waals surface area contributed by atoms with Crippen LogP contribution in [-0.2, 0) is 6.42 Å². The Morgan fingerprint density at radius 2 is 1.73 bits per heavy atom. The van der Waals surface area contributed by atoms with Crippen LogP contribution in [0.4, 0.5) is 5.82 Å². The van der Waals surface area contributed by atoms with Crippen molar-refractivity contribution in [2.45, 2.75) is 13.3 Å². The molecule has 0 spiro atoms. The van der Waals surface area contributed by atoms with Crippen LogP contribution in [0.2, 0.25) is 0 Å². The van der Waals surface area contributed by atoms with Gasteiger partial charge in [0.15, 0.2) is 0 Å². The van der Waals surface area contributed by atoms with Crippen LogP contribution in [0.1, 0.15) is 23.0 Å². The Morgan fingerprint density at radius 3 is 2.30 bits per heavy atom. The minimum absolute atomic E-state index is 0.0546. The number of anilines is 1. The Morgan fingerprint density at radius 1 is 1.03 bits per heavy atom. The molecular formula is C24H27N5O4. The highest BCUT2D eigenvalue weighted by atomic mass is 16.5. The number of amides is 1. The molecule has 3 heterocycles. The molecule has 3 aromatic rings. The number of nitrogens with one attached hydrogen (secondary N) is 1. The second-order valence-electron chi connectivity index (χ2n) is 7.72. The number of aryl methyl sites for hydroxylation is 1. The third-order valence-corrected chi connectivity index (χ3v) is 5.67. The lowest BCUT2D eigenvalue weighted by Crippen LogP contribution is -2.49. The van der Waals surface area contributed by atoms with Gasteiger partial charge in [-0.2, -0.15) is 0 Å². The number of aromatic amines is 1. The van der Waals surface area contributed by atoms with E-state index in [1.165, 1.54) is 6.07 Å². The van der Waals surface area contributed by atoms with Crippen molar-refractivity contribution < 1.29 is 14.3 Å². The number of pyridine rings is 1. The number of methoxy groups -OCH3 is 2. The number of H-pyrrole nitrogens is 1. The maximum absolute atomic E-state index is 13.0. The molecule has 0 saturated carbocycles. The fraction of sp³-hybridized carbons (Fsp3) is 0.333. The van der Waals surface area contributed by atoms with Crippen LogP contribution >= 0.6 is 0 Å². The second-order valence-corrected chi connectivity index (χ2v) is 7.72. The average molecular weight is 450 g/mol. The molecule has 1 N–H and O–H groups in total. The number of rotatable bonds is 6. The number of nitrogens with zero attached hydrogens (tertiary/aromatic N) is 4. The number of piperazine rings is 1. The Kier molecular flexibility index (Phi) is 6.58. The Hall–Kier alpha value is -3.88. The lowest BCUT2D eigenvalue weighted by atomic mass is 10.1. The maximum atomic E-state index is 13.0. The topological polar surface area (TPSA) is 101 Å². The molecule has 9 nitrogen and oxygen atoms in total. The van der Waals surface area contributed by atoms with Crippen LogP contribution in [-0.4, -0.2) is 66.2 Å². The number of aromatic nitrogens is 3. The molecule has 172 valence electrons. The predicted molar refractivity (Wildman–Crippen MR) is 125 cm³/mol. The summed E-state index contributed by atoms with van der Waals surface area (Å²) in [7, 11) is 3.13. The van der Waals surface area contributed by atoms with Crippen molar-refractivity contribution in [2.24, 2.45) is 0 Å². The predicted octanol–water partition coefficient (Wildman–Crippen LogP) is 2.37. The summed E-state index contributed by atoms with van der Waals surface area (Å²) in [6.07, 6.45) is 2.40. The Labute approximate surface area is 192 Å². The average Bonchev–Trinajstić information content (AvgIpc) is 2.87. The van der Waals surface area contributed by atoms with E-state index in [0.29, 0.717) is 55.5 Å². The third kappa shape index (κ3) is 4.97. The number of benzene rings is 1. The molecule has 4 rings (SSSR count). The molecule has 1 fully saturated rings. The molecule has 0 bridgehead atoms. The molecular weight excluding hydrogens is 422 g/mol. The van der Waals surface area contributed by atoms with Gasteiger partial charge in [-0.3, -0.25) is 9.59 Å². The summed E-state index contributed by atoms with van der Waals surface area (Å²) >= 11 is 0. The fourth-order valence-electron chi connectivity index (χ4n) is 3.79. The number of carbonyl (C=O) groups is 1. The molecule has 1 amide bonds. The highest BCUT2D eigenvalue weighted by Gasteiger charge is 2.24. The van der Waals surface area contributed by atoms with Gasteiger partial charge in [0.2, 0.25) is 0 Å². The normalized spacial score (nSPS) is 13.7. The number of carbonyl (C=O) groups excluding carboxylic acids is 1. The van der Waals surface area contributed by atoms with Crippen LogP contribution in [0, 0.1) is 0 Å². The van der Waals surface area contributed by atoms with Gasteiger partial charge in [-0.25, -0.2) is 9.97 Å². The zero-order chi connectivity index (χ0) is 23.4. The number of hydrogen-bond acceptors (Lipinski definition) is 7. The second kappa shape index (κ2) is 9.72. The zero-order valence-electron chi connectivity index (χ0n) is 19.0. The zero-order valence-corrected chi connectivity index (χ0v) is 19.0. The van der Waals surface area contributed by atoms with E-state index in [2.05, 4.69) is 19.9 Å². The summed E-state index contributed by atoms with van der Waals surface area (Å²) < 4.78 is 10.6. The van der Waals surface area contributed by atoms with Gasteiger partial charge in [0, 0.05) is 61.3 Å². The van der Waals surface area contributed by atoms with E-state index in [1.54, 1.807) is 38.6 Å². The Bertz CT molecular complexity index is 1160. The lowest BCUT2D eigenvalue weighted by molar-refractivity contribution is 0.0745. The van der Waals surface area contributed by atoms with Crippen LogP contribution in [0.5, 0.6) is 11.5 Å². The van der Waals surface area contributed by atoms with E-state index in [0.717, 1.165) is 17.1 Å². The van der Waals surface area contributed by atoms with E-state index in [1.807, 2.05) is 24.0 Å². The largest absolute Gasteiger partial charge is 0.497 e. The summed E-state index contributed by atoms with van der Waals surface area (Å²) in [6, 6.07) is 10.5. The van der Waals surface area contributed by atoms with Crippen molar-refractivity contribution in [3.05, 3.63) is 64.2 Å². The van der Waals surface area contributed by atoms with Crippen LogP contribution in [0.15, 0.2) is 47.4 Å². The molecule has 0 atom stereocenters. The van der Waals surface area contributed by atoms with Gasteiger partial charge >= 0.3 is 0 Å². The molecule has 1 aliphatic rings. The van der Waals surface area contributed by atoms with Crippen molar-refractivity contribution in [1.29, 1.82) is 0 Å². The molecule has 33 heavy (non-hydrogen) atoms. The van der Waals surface area contributed by atoms with Crippen molar-refractivity contribution in [1.82, 2.24) is 19.9 Å². The molecule has 9 heteroatoms. The van der Waals surface area contributed by atoms with Gasteiger partial charge in [-0.05, 0) is 30.7 Å². The van der Waals surface area contributed by atoms with Crippen molar-refractivity contribution in [3.63, 3.8) is 0 Å². The highest BCUT2D eigenvalue weighted by molar-refractivity contribution is 5.95. The van der Waals surface area contributed by atoms with Crippen molar-refractivity contribution >= 4 is 11.7 Å². The minimum Gasteiger partial charge on any atom is -0.497 e. The first-order chi connectivity index (χ1) is 16.0. The summed E-state index contributed by atoms with van der Waals surface area (Å²) in [5, 5.41) is 0.